The lowest BCUT2D eigenvalue weighted by molar-refractivity contribution is -0.134. The summed E-state index contributed by atoms with van der Waals surface area (Å²) in [6, 6.07) is 16.2. The Morgan fingerprint density at radius 1 is 1.07 bits per heavy atom. The normalized spacial score (nSPS) is 17.1. The summed E-state index contributed by atoms with van der Waals surface area (Å²) < 4.78 is 17.6. The number of ketones is 1. The van der Waals surface area contributed by atoms with Gasteiger partial charge in [0.2, 0.25) is 0 Å². The molecule has 1 amide bonds. The van der Waals surface area contributed by atoms with Gasteiger partial charge in [-0.2, -0.15) is 0 Å². The highest BCUT2D eigenvalue weighted by Gasteiger charge is 2.48. The summed E-state index contributed by atoms with van der Waals surface area (Å²) in [6.07, 6.45) is 0. The number of rotatable bonds is 5. The van der Waals surface area contributed by atoms with Crippen molar-refractivity contribution in [1.82, 2.24) is 4.98 Å². The first kappa shape index (κ1) is 28.9. The highest BCUT2D eigenvalue weighted by atomic mass is 35.5. The number of ether oxygens (including phenoxy) is 3. The molecule has 4 aromatic rings. The van der Waals surface area contributed by atoms with E-state index in [4.69, 9.17) is 35.7 Å². The molecule has 0 aliphatic carbocycles. The minimum Gasteiger partial charge on any atom is -0.507 e. The van der Waals surface area contributed by atoms with Gasteiger partial charge in [0.05, 0.1) is 28.4 Å². The van der Waals surface area contributed by atoms with E-state index in [0.29, 0.717) is 63.9 Å². The Kier molecular flexibility index (Phi) is 8.32. The number of aromatic nitrogens is 1. The average molecular weight is 609 g/mol. The summed E-state index contributed by atoms with van der Waals surface area (Å²) in [7, 11) is 0. The summed E-state index contributed by atoms with van der Waals surface area (Å²) in [5.74, 6) is -1.10. The number of hydrogen-bond acceptors (Lipinski definition) is 9. The number of aliphatic hydroxyl groups is 1. The molecule has 3 heterocycles. The van der Waals surface area contributed by atoms with Crippen LogP contribution in [-0.4, -0.2) is 52.7 Å². The second-order valence-electron chi connectivity index (χ2n) is 9.16. The van der Waals surface area contributed by atoms with Crippen LogP contribution in [0, 0.1) is 0 Å². The Morgan fingerprint density at radius 2 is 1.81 bits per heavy atom. The van der Waals surface area contributed by atoms with E-state index in [0.717, 1.165) is 11.6 Å². The molecule has 10 nitrogen and oxygen atoms in total. The van der Waals surface area contributed by atoms with Gasteiger partial charge in [0.15, 0.2) is 16.6 Å². The number of anilines is 1. The maximum atomic E-state index is 13.5. The van der Waals surface area contributed by atoms with Gasteiger partial charge in [0.1, 0.15) is 24.7 Å². The van der Waals surface area contributed by atoms with Crippen LogP contribution in [0.2, 0.25) is 5.02 Å². The molecular formula is C30H25ClN2O8S. The van der Waals surface area contributed by atoms with E-state index in [1.165, 1.54) is 16.2 Å². The van der Waals surface area contributed by atoms with Crippen LogP contribution in [0.3, 0.4) is 0 Å². The number of Topliss-reactive ketones (excluding diaryl/α,β-unsaturated/α-hetero) is 1. The molecule has 0 bridgehead atoms. The van der Waals surface area contributed by atoms with Crippen LogP contribution in [0.4, 0.5) is 5.13 Å². The first-order valence-corrected chi connectivity index (χ1v) is 14.1. The van der Waals surface area contributed by atoms with Crippen LogP contribution in [-0.2, 0) is 14.4 Å². The number of carbonyl (C=O) groups is 3. The number of fused-ring (bicyclic) bond motifs is 2. The largest absolute Gasteiger partial charge is 0.507 e. The van der Waals surface area contributed by atoms with Crippen molar-refractivity contribution in [3.05, 3.63) is 82.4 Å². The summed E-state index contributed by atoms with van der Waals surface area (Å²) >= 11 is 7.56. The molecule has 2 N–H and O–H groups in total. The molecular weight excluding hydrogens is 584 g/mol. The zero-order valence-electron chi connectivity index (χ0n) is 22.5. The molecule has 1 saturated heterocycles. The van der Waals surface area contributed by atoms with Crippen molar-refractivity contribution in [2.45, 2.75) is 19.9 Å². The second kappa shape index (κ2) is 12.1. The fourth-order valence-corrected chi connectivity index (χ4v) is 5.84. The molecule has 2 aliphatic rings. The van der Waals surface area contributed by atoms with E-state index >= 15 is 0 Å². The van der Waals surface area contributed by atoms with Crippen LogP contribution in [0.15, 0.2) is 66.2 Å². The highest BCUT2D eigenvalue weighted by Crippen LogP contribution is 2.45. The van der Waals surface area contributed by atoms with Crippen molar-refractivity contribution >= 4 is 61.7 Å². The zero-order valence-corrected chi connectivity index (χ0v) is 24.1. The maximum Gasteiger partial charge on any atom is 0.301 e. The summed E-state index contributed by atoms with van der Waals surface area (Å²) in [5.41, 5.74) is 1.48. The first-order chi connectivity index (χ1) is 20.2. The van der Waals surface area contributed by atoms with Crippen LogP contribution >= 0.6 is 22.9 Å². The number of aliphatic hydroxyl groups excluding tert-OH is 1. The van der Waals surface area contributed by atoms with E-state index in [9.17, 15) is 14.7 Å². The molecule has 0 saturated carbocycles. The Hall–Kier alpha value is -4.61. The standard InChI is InChI=1S/C28H21ClN2O6S.C2H4O2/c1-2-35-18-7-8-19-22(14-18)38-28(30-19)31-24(15-4-3-5-17(29)12-15)23(26(33)27(31)34)25(32)16-6-9-20-21(13-16)37-11-10-36-20;1-2(3)4/h3-9,12-14,24,32H,2,10-11H2,1H3;1H3,(H,3,4). The van der Waals surface area contributed by atoms with Crippen LogP contribution in [0.1, 0.15) is 31.0 Å². The highest BCUT2D eigenvalue weighted by molar-refractivity contribution is 7.22. The minimum atomic E-state index is -0.950. The maximum absolute atomic E-state index is 13.5. The Labute approximate surface area is 249 Å². The quantitative estimate of drug-likeness (QED) is 0.163. The van der Waals surface area contributed by atoms with Crippen LogP contribution in [0.25, 0.3) is 16.0 Å². The van der Waals surface area contributed by atoms with E-state index in [1.807, 2.05) is 13.0 Å². The predicted octanol–water partition coefficient (Wildman–Crippen LogP) is 5.84. The van der Waals surface area contributed by atoms with Gasteiger partial charge in [-0.1, -0.05) is 35.1 Å². The fraction of sp³-hybridized carbons (Fsp3) is 0.200. The molecule has 0 radical (unpaired) electrons. The molecule has 216 valence electrons. The summed E-state index contributed by atoms with van der Waals surface area (Å²) in [6.45, 7) is 4.29. The monoisotopic (exact) mass is 608 g/mol. The van der Waals surface area contributed by atoms with Crippen molar-refractivity contribution in [1.29, 1.82) is 0 Å². The summed E-state index contributed by atoms with van der Waals surface area (Å²) in [4.78, 5) is 41.9. The molecule has 42 heavy (non-hydrogen) atoms. The third kappa shape index (κ3) is 5.74. The number of carbonyl (C=O) groups excluding carboxylic acids is 2. The van der Waals surface area contributed by atoms with Crippen molar-refractivity contribution in [2.75, 3.05) is 24.7 Å². The SMILES string of the molecule is CC(=O)O.CCOc1ccc2nc(N3C(=O)C(=O)C(=C(O)c4ccc5c(c4)OCCO5)C3c3cccc(Cl)c3)sc2c1. The van der Waals surface area contributed by atoms with E-state index in [2.05, 4.69) is 4.98 Å². The smallest absolute Gasteiger partial charge is 0.301 e. The Morgan fingerprint density at radius 3 is 2.52 bits per heavy atom. The predicted molar refractivity (Wildman–Crippen MR) is 158 cm³/mol. The number of carboxylic acids is 1. The lowest BCUT2D eigenvalue weighted by Gasteiger charge is -2.23. The van der Waals surface area contributed by atoms with Crippen molar-refractivity contribution in [3.63, 3.8) is 0 Å². The molecule has 1 unspecified atom stereocenters. The molecule has 2 aliphatic heterocycles. The third-order valence-electron chi connectivity index (χ3n) is 6.29. The molecule has 0 spiro atoms. The van der Waals surface area contributed by atoms with Crippen molar-refractivity contribution < 1.29 is 38.8 Å². The number of aliphatic carboxylic acids is 1. The first-order valence-electron chi connectivity index (χ1n) is 12.9. The van der Waals surface area contributed by atoms with Gasteiger partial charge in [0, 0.05) is 17.5 Å². The number of benzene rings is 3. The van der Waals surface area contributed by atoms with E-state index < -0.39 is 23.7 Å². The zero-order chi connectivity index (χ0) is 30.0. The number of hydrogen-bond donors (Lipinski definition) is 2. The van der Waals surface area contributed by atoms with E-state index in [-0.39, 0.29) is 11.3 Å². The number of carboxylic acid groups (broad SMARTS) is 1. The molecule has 6 rings (SSSR count). The molecule has 3 aromatic carbocycles. The molecule has 1 fully saturated rings. The van der Waals surface area contributed by atoms with Gasteiger partial charge >= 0.3 is 5.91 Å². The van der Waals surface area contributed by atoms with Gasteiger partial charge < -0.3 is 24.4 Å². The van der Waals surface area contributed by atoms with Gasteiger partial charge in [-0.15, -0.1) is 0 Å². The van der Waals surface area contributed by atoms with Crippen molar-refractivity contribution in [3.8, 4) is 17.2 Å². The average Bonchev–Trinajstić information content (AvgIpc) is 3.50. The molecule has 12 heteroatoms. The minimum absolute atomic E-state index is 0.0665. The fourth-order valence-electron chi connectivity index (χ4n) is 4.62. The molecule has 1 atom stereocenters. The van der Waals surface area contributed by atoms with Gasteiger partial charge in [-0.3, -0.25) is 19.3 Å². The van der Waals surface area contributed by atoms with Gasteiger partial charge in [-0.05, 0) is 61.0 Å². The topological polar surface area (TPSA) is 135 Å². The van der Waals surface area contributed by atoms with Crippen LogP contribution in [0.5, 0.6) is 17.2 Å². The Bertz CT molecular complexity index is 1730. The van der Waals surface area contributed by atoms with E-state index in [1.54, 1.807) is 54.6 Å². The lowest BCUT2D eigenvalue weighted by atomic mass is 9.95. The van der Waals surface area contributed by atoms with Gasteiger partial charge in [-0.25, -0.2) is 4.98 Å². The lowest BCUT2D eigenvalue weighted by Crippen LogP contribution is -2.29. The molecule has 1 aromatic heterocycles. The third-order valence-corrected chi connectivity index (χ3v) is 7.54. The van der Waals surface area contributed by atoms with Crippen molar-refractivity contribution in [2.24, 2.45) is 0 Å². The summed E-state index contributed by atoms with van der Waals surface area (Å²) in [5, 5.41) is 19.6. The number of amides is 1. The number of nitrogens with zero attached hydrogens (tertiary/aromatic N) is 2. The van der Waals surface area contributed by atoms with Gasteiger partial charge in [0.25, 0.3) is 11.8 Å². The Balaban J connectivity index is 0.000000830. The second-order valence-corrected chi connectivity index (χ2v) is 10.6. The van der Waals surface area contributed by atoms with Crippen LogP contribution < -0.4 is 19.1 Å². The number of halogens is 1. The number of thiazole rings is 1.